The van der Waals surface area contributed by atoms with Crippen LogP contribution in [0.5, 0.6) is 0 Å². The summed E-state index contributed by atoms with van der Waals surface area (Å²) in [4.78, 5) is 0. The quantitative estimate of drug-likeness (QED) is 0.899. The number of tetrazole rings is 1. The van der Waals surface area contributed by atoms with Crippen LogP contribution in [0.25, 0.3) is 5.69 Å². The van der Waals surface area contributed by atoms with Crippen molar-refractivity contribution in [2.45, 2.75) is 13.8 Å². The van der Waals surface area contributed by atoms with Gasteiger partial charge in [0.25, 0.3) is 0 Å². The first kappa shape index (κ1) is 12.1. The number of aryl methyl sites for hydroxylation is 1. The maximum Gasteiger partial charge on any atom is 0.143 e. The first-order valence-electron chi connectivity index (χ1n) is 6.32. The molecule has 0 amide bonds. The van der Waals surface area contributed by atoms with Gasteiger partial charge in [0.15, 0.2) is 0 Å². The third-order valence-corrected chi connectivity index (χ3v) is 3.44. The van der Waals surface area contributed by atoms with E-state index in [1.54, 1.807) is 11.0 Å². The molecule has 1 aliphatic rings. The fraction of sp³-hybridized carbons (Fsp3) is 0.462. The second-order valence-electron chi connectivity index (χ2n) is 5.41. The molecule has 1 saturated heterocycles. The molecular formula is C13H17N5O. The molecule has 0 spiro atoms. The smallest absolute Gasteiger partial charge is 0.143 e. The Kier molecular flexibility index (Phi) is 2.94. The second kappa shape index (κ2) is 4.62. The highest BCUT2D eigenvalue weighted by atomic mass is 16.5. The SMILES string of the molecule is Cc1ccc(-n2cnnn2)cc1NCC1(C)COC1. The Morgan fingerprint density at radius 2 is 2.26 bits per heavy atom. The van der Waals surface area contributed by atoms with E-state index >= 15 is 0 Å². The molecule has 2 heterocycles. The normalized spacial score (nSPS) is 16.9. The molecule has 0 saturated carbocycles. The fourth-order valence-corrected chi connectivity index (χ4v) is 2.08. The van der Waals surface area contributed by atoms with Crippen LogP contribution in [0, 0.1) is 12.3 Å². The van der Waals surface area contributed by atoms with E-state index < -0.39 is 0 Å². The Morgan fingerprint density at radius 3 is 2.89 bits per heavy atom. The van der Waals surface area contributed by atoms with E-state index in [4.69, 9.17) is 4.74 Å². The van der Waals surface area contributed by atoms with Crippen molar-refractivity contribution in [2.75, 3.05) is 25.1 Å². The molecule has 100 valence electrons. The van der Waals surface area contributed by atoms with Crippen molar-refractivity contribution in [1.29, 1.82) is 0 Å². The Balaban J connectivity index is 1.78. The van der Waals surface area contributed by atoms with Crippen LogP contribution in [-0.2, 0) is 4.74 Å². The number of benzene rings is 1. The van der Waals surface area contributed by atoms with Gasteiger partial charge in [0, 0.05) is 17.6 Å². The highest BCUT2D eigenvalue weighted by molar-refractivity contribution is 5.56. The number of anilines is 1. The molecule has 0 atom stereocenters. The van der Waals surface area contributed by atoms with Crippen LogP contribution >= 0.6 is 0 Å². The molecule has 3 rings (SSSR count). The zero-order valence-electron chi connectivity index (χ0n) is 11.1. The summed E-state index contributed by atoms with van der Waals surface area (Å²) in [6, 6.07) is 6.14. The van der Waals surface area contributed by atoms with Gasteiger partial charge in [-0.3, -0.25) is 0 Å². The average molecular weight is 259 g/mol. The predicted molar refractivity (Wildman–Crippen MR) is 71.3 cm³/mol. The van der Waals surface area contributed by atoms with E-state index in [9.17, 15) is 0 Å². The summed E-state index contributed by atoms with van der Waals surface area (Å²) in [5, 5.41) is 14.7. The average Bonchev–Trinajstić information content (AvgIpc) is 2.89. The summed E-state index contributed by atoms with van der Waals surface area (Å²) in [6.45, 7) is 6.87. The van der Waals surface area contributed by atoms with Gasteiger partial charge >= 0.3 is 0 Å². The number of hydrogen-bond acceptors (Lipinski definition) is 5. The molecule has 1 aromatic carbocycles. The Bertz CT molecular complexity index is 562. The third kappa shape index (κ3) is 2.44. The number of aromatic nitrogens is 4. The van der Waals surface area contributed by atoms with Gasteiger partial charge in [-0.25, -0.2) is 4.68 Å². The summed E-state index contributed by atoms with van der Waals surface area (Å²) in [5.74, 6) is 0. The summed E-state index contributed by atoms with van der Waals surface area (Å²) in [5.41, 5.74) is 3.52. The number of nitrogens with zero attached hydrogens (tertiary/aromatic N) is 4. The van der Waals surface area contributed by atoms with Crippen LogP contribution in [0.15, 0.2) is 24.5 Å². The third-order valence-electron chi connectivity index (χ3n) is 3.44. The molecule has 6 heteroatoms. The fourth-order valence-electron chi connectivity index (χ4n) is 2.08. The van der Waals surface area contributed by atoms with E-state index in [2.05, 4.69) is 46.8 Å². The first-order chi connectivity index (χ1) is 9.16. The molecule has 1 aromatic heterocycles. The van der Waals surface area contributed by atoms with Crippen molar-refractivity contribution in [3.05, 3.63) is 30.1 Å². The number of rotatable bonds is 4. The maximum absolute atomic E-state index is 5.27. The Labute approximate surface area is 111 Å². The van der Waals surface area contributed by atoms with Crippen LogP contribution in [0.2, 0.25) is 0 Å². The van der Waals surface area contributed by atoms with Gasteiger partial charge in [-0.2, -0.15) is 0 Å². The van der Waals surface area contributed by atoms with E-state index in [1.165, 1.54) is 5.56 Å². The Morgan fingerprint density at radius 1 is 1.42 bits per heavy atom. The van der Waals surface area contributed by atoms with E-state index in [0.29, 0.717) is 0 Å². The van der Waals surface area contributed by atoms with Gasteiger partial charge in [0.05, 0.1) is 18.9 Å². The van der Waals surface area contributed by atoms with Crippen LogP contribution < -0.4 is 5.32 Å². The lowest BCUT2D eigenvalue weighted by molar-refractivity contribution is -0.0924. The summed E-state index contributed by atoms with van der Waals surface area (Å²) >= 11 is 0. The highest BCUT2D eigenvalue weighted by Crippen LogP contribution is 2.28. The molecule has 0 aliphatic carbocycles. The largest absolute Gasteiger partial charge is 0.384 e. The van der Waals surface area contributed by atoms with Gasteiger partial charge in [-0.1, -0.05) is 13.0 Å². The minimum atomic E-state index is 0.247. The molecule has 6 nitrogen and oxygen atoms in total. The Hall–Kier alpha value is -1.95. The maximum atomic E-state index is 5.27. The van der Waals surface area contributed by atoms with E-state index in [-0.39, 0.29) is 5.41 Å². The minimum Gasteiger partial charge on any atom is -0.384 e. The first-order valence-corrected chi connectivity index (χ1v) is 6.32. The lowest BCUT2D eigenvalue weighted by Crippen LogP contribution is -2.45. The van der Waals surface area contributed by atoms with Crippen molar-refractivity contribution < 1.29 is 4.74 Å². The predicted octanol–water partition coefficient (Wildman–Crippen LogP) is 1.42. The van der Waals surface area contributed by atoms with Crippen LogP contribution in [0.1, 0.15) is 12.5 Å². The van der Waals surface area contributed by atoms with Crippen molar-refractivity contribution in [2.24, 2.45) is 5.41 Å². The van der Waals surface area contributed by atoms with E-state index in [0.717, 1.165) is 31.1 Å². The molecule has 1 N–H and O–H groups in total. The minimum absolute atomic E-state index is 0.247. The molecular weight excluding hydrogens is 242 g/mol. The summed E-state index contributed by atoms with van der Waals surface area (Å²) in [6.07, 6.45) is 1.59. The van der Waals surface area contributed by atoms with Gasteiger partial charge in [0.2, 0.25) is 0 Å². The van der Waals surface area contributed by atoms with Gasteiger partial charge in [0.1, 0.15) is 6.33 Å². The van der Waals surface area contributed by atoms with Crippen molar-refractivity contribution >= 4 is 5.69 Å². The molecule has 2 aromatic rings. The molecule has 1 fully saturated rings. The number of hydrogen-bond donors (Lipinski definition) is 1. The van der Waals surface area contributed by atoms with E-state index in [1.807, 2.05) is 6.07 Å². The zero-order chi connectivity index (χ0) is 13.3. The lowest BCUT2D eigenvalue weighted by Gasteiger charge is -2.38. The monoisotopic (exact) mass is 259 g/mol. The summed E-state index contributed by atoms with van der Waals surface area (Å²) < 4.78 is 6.92. The topological polar surface area (TPSA) is 64.9 Å². The van der Waals surface area contributed by atoms with Crippen molar-refractivity contribution in [3.8, 4) is 5.69 Å². The summed E-state index contributed by atoms with van der Waals surface area (Å²) in [7, 11) is 0. The van der Waals surface area contributed by atoms with Crippen LogP contribution in [0.4, 0.5) is 5.69 Å². The zero-order valence-corrected chi connectivity index (χ0v) is 11.1. The van der Waals surface area contributed by atoms with Gasteiger partial charge < -0.3 is 10.1 Å². The lowest BCUT2D eigenvalue weighted by atomic mass is 9.88. The molecule has 0 bridgehead atoms. The van der Waals surface area contributed by atoms with Gasteiger partial charge in [-0.15, -0.1) is 5.10 Å². The van der Waals surface area contributed by atoms with Crippen LogP contribution in [0.3, 0.4) is 0 Å². The molecule has 1 aliphatic heterocycles. The number of nitrogens with one attached hydrogen (secondary N) is 1. The van der Waals surface area contributed by atoms with Crippen LogP contribution in [-0.4, -0.2) is 40.0 Å². The second-order valence-corrected chi connectivity index (χ2v) is 5.41. The molecule has 0 unspecified atom stereocenters. The molecule has 0 radical (unpaired) electrons. The van der Waals surface area contributed by atoms with Gasteiger partial charge in [-0.05, 0) is 35.0 Å². The molecule has 19 heavy (non-hydrogen) atoms. The van der Waals surface area contributed by atoms with Crippen molar-refractivity contribution in [3.63, 3.8) is 0 Å². The standard InChI is InChI=1S/C13H17N5O/c1-10-3-4-11(18-9-15-16-17-18)5-12(10)14-6-13(2)7-19-8-13/h3-5,9,14H,6-8H2,1-2H3. The van der Waals surface area contributed by atoms with Crippen molar-refractivity contribution in [1.82, 2.24) is 20.2 Å². The highest BCUT2D eigenvalue weighted by Gasteiger charge is 2.33. The number of ether oxygens (including phenoxy) is 1.